The molecule has 1 N–H and O–H groups in total. The van der Waals surface area contributed by atoms with Gasteiger partial charge in [0.2, 0.25) is 5.91 Å². The lowest BCUT2D eigenvalue weighted by Crippen LogP contribution is -2.41. The molecule has 0 bridgehead atoms. The van der Waals surface area contributed by atoms with Gasteiger partial charge in [0.25, 0.3) is 0 Å². The number of carbonyl (C=O) groups excluding carboxylic acids is 2. The van der Waals surface area contributed by atoms with Crippen molar-refractivity contribution in [3.63, 3.8) is 0 Å². The van der Waals surface area contributed by atoms with Gasteiger partial charge >= 0.3 is 0 Å². The molecule has 1 aliphatic rings. The molecule has 0 radical (unpaired) electrons. The molecule has 1 saturated heterocycles. The van der Waals surface area contributed by atoms with Crippen LogP contribution >= 0.6 is 11.6 Å². The van der Waals surface area contributed by atoms with E-state index in [2.05, 4.69) is 31.3 Å². The molecule has 6 heteroatoms. The summed E-state index contributed by atoms with van der Waals surface area (Å²) in [5.74, 6) is 0.438. The minimum absolute atomic E-state index is 0.201. The highest BCUT2D eigenvalue weighted by molar-refractivity contribution is 6.30. The molecular weight excluding hydrogens is 403 g/mol. The van der Waals surface area contributed by atoms with E-state index in [4.69, 9.17) is 11.6 Å². The van der Waals surface area contributed by atoms with Crippen LogP contribution in [-0.4, -0.2) is 43.8 Å². The third kappa shape index (κ3) is 9.51. The maximum absolute atomic E-state index is 12.1. The number of likely N-dealkylation sites (N-methyl/N-ethyl adjacent to an activating group) is 1. The van der Waals surface area contributed by atoms with Gasteiger partial charge in [-0.2, -0.15) is 0 Å². The highest BCUT2D eigenvalue weighted by Gasteiger charge is 2.23. The number of nitrogens with one attached hydrogen (secondary N) is 1. The SMILES string of the molecule is CCC.CNCC(=O)N1CCC(c2ccc(Cl)cc2)CC1.O=Cc1ccc(F)cc1. The molecule has 30 heavy (non-hydrogen) atoms. The van der Waals surface area contributed by atoms with Crippen molar-refractivity contribution >= 4 is 23.8 Å². The lowest BCUT2D eigenvalue weighted by atomic mass is 9.89. The third-order valence-electron chi connectivity index (χ3n) is 4.52. The quantitative estimate of drug-likeness (QED) is 0.662. The molecule has 0 aromatic heterocycles. The fraction of sp³-hybridized carbons (Fsp3) is 0.417. The predicted octanol–water partition coefficient (Wildman–Crippen LogP) is 5.32. The average Bonchev–Trinajstić information content (AvgIpc) is 2.76. The Kier molecular flexibility index (Phi) is 12.6. The van der Waals surface area contributed by atoms with Crippen molar-refractivity contribution in [2.24, 2.45) is 0 Å². The normalized spacial score (nSPS) is 13.4. The maximum Gasteiger partial charge on any atom is 0.236 e. The van der Waals surface area contributed by atoms with Crippen LogP contribution in [0, 0.1) is 5.82 Å². The van der Waals surface area contributed by atoms with Crippen molar-refractivity contribution < 1.29 is 14.0 Å². The van der Waals surface area contributed by atoms with Crippen LogP contribution in [0.3, 0.4) is 0 Å². The number of carbonyl (C=O) groups is 2. The molecule has 0 atom stereocenters. The summed E-state index contributed by atoms with van der Waals surface area (Å²) in [5.41, 5.74) is 1.83. The summed E-state index contributed by atoms with van der Waals surface area (Å²) < 4.78 is 12.1. The van der Waals surface area contributed by atoms with Gasteiger partial charge in [0, 0.05) is 23.7 Å². The van der Waals surface area contributed by atoms with E-state index in [1.807, 2.05) is 17.0 Å². The zero-order chi connectivity index (χ0) is 22.4. The number of hydrogen-bond acceptors (Lipinski definition) is 3. The smallest absolute Gasteiger partial charge is 0.236 e. The number of nitrogens with zero attached hydrogens (tertiary/aromatic N) is 1. The van der Waals surface area contributed by atoms with Crippen LogP contribution in [0.1, 0.15) is 54.9 Å². The zero-order valence-corrected chi connectivity index (χ0v) is 18.8. The Morgan fingerprint density at radius 3 is 2.10 bits per heavy atom. The molecule has 0 saturated carbocycles. The molecule has 1 aliphatic heterocycles. The highest BCUT2D eigenvalue weighted by atomic mass is 35.5. The number of hydrogen-bond donors (Lipinski definition) is 1. The fourth-order valence-corrected chi connectivity index (χ4v) is 3.13. The Bertz CT molecular complexity index is 743. The molecule has 4 nitrogen and oxygen atoms in total. The standard InChI is InChI=1S/C14H19ClN2O.C7H5FO.C3H8/c1-16-10-14(18)17-8-6-12(7-9-17)11-2-4-13(15)5-3-11;8-7-3-1-6(5-9)2-4-7;1-3-2/h2-5,12,16H,6-10H2,1H3;1-5H;3H2,1-2H3. The molecule has 2 aromatic rings. The van der Waals surface area contributed by atoms with Crippen LogP contribution in [0.25, 0.3) is 0 Å². The van der Waals surface area contributed by atoms with E-state index in [1.165, 1.54) is 36.2 Å². The molecule has 2 aromatic carbocycles. The minimum atomic E-state index is -0.319. The van der Waals surface area contributed by atoms with Crippen LogP contribution in [0.4, 0.5) is 4.39 Å². The summed E-state index contributed by atoms with van der Waals surface area (Å²) in [7, 11) is 1.80. The van der Waals surface area contributed by atoms with E-state index < -0.39 is 0 Å². The van der Waals surface area contributed by atoms with Gasteiger partial charge in [-0.25, -0.2) is 4.39 Å². The largest absolute Gasteiger partial charge is 0.342 e. The number of aldehydes is 1. The lowest BCUT2D eigenvalue weighted by Gasteiger charge is -2.32. The molecule has 0 aliphatic carbocycles. The number of halogens is 2. The highest BCUT2D eigenvalue weighted by Crippen LogP contribution is 2.28. The van der Waals surface area contributed by atoms with Gasteiger partial charge in [-0.1, -0.05) is 44.0 Å². The molecule has 164 valence electrons. The van der Waals surface area contributed by atoms with Gasteiger partial charge in [-0.05, 0) is 67.8 Å². The number of benzene rings is 2. The monoisotopic (exact) mass is 434 g/mol. The number of likely N-dealkylation sites (tertiary alicyclic amines) is 1. The van der Waals surface area contributed by atoms with Crippen LogP contribution in [0.2, 0.25) is 5.02 Å². The van der Waals surface area contributed by atoms with Gasteiger partial charge in [0.1, 0.15) is 12.1 Å². The second-order valence-corrected chi connectivity index (χ2v) is 7.55. The molecule has 0 unspecified atom stereocenters. The first kappa shape index (κ1) is 25.8. The van der Waals surface area contributed by atoms with Crippen LogP contribution in [0.5, 0.6) is 0 Å². The Balaban J connectivity index is 0.000000313. The molecule has 1 amide bonds. The second-order valence-electron chi connectivity index (χ2n) is 7.11. The van der Waals surface area contributed by atoms with Gasteiger partial charge in [0.15, 0.2) is 0 Å². The number of rotatable bonds is 4. The minimum Gasteiger partial charge on any atom is -0.342 e. The van der Waals surface area contributed by atoms with E-state index in [0.717, 1.165) is 31.0 Å². The second kappa shape index (κ2) is 14.7. The van der Waals surface area contributed by atoms with Gasteiger partial charge < -0.3 is 10.2 Å². The van der Waals surface area contributed by atoms with Crippen LogP contribution in [0.15, 0.2) is 48.5 Å². The van der Waals surface area contributed by atoms with Crippen molar-refractivity contribution in [2.75, 3.05) is 26.7 Å². The molecule has 0 spiro atoms. The lowest BCUT2D eigenvalue weighted by molar-refractivity contribution is -0.131. The van der Waals surface area contributed by atoms with Crippen molar-refractivity contribution in [1.29, 1.82) is 0 Å². The van der Waals surface area contributed by atoms with E-state index >= 15 is 0 Å². The van der Waals surface area contributed by atoms with Crippen LogP contribution < -0.4 is 5.32 Å². The summed E-state index contributed by atoms with van der Waals surface area (Å²) >= 11 is 5.89. The van der Waals surface area contributed by atoms with Gasteiger partial charge in [-0.3, -0.25) is 9.59 Å². The zero-order valence-electron chi connectivity index (χ0n) is 18.0. The summed E-state index contributed by atoms with van der Waals surface area (Å²) in [6.45, 7) is 6.40. The Labute approximate surface area is 184 Å². The first-order valence-corrected chi connectivity index (χ1v) is 10.7. The molecule has 1 fully saturated rings. The Hall–Kier alpha value is -2.24. The predicted molar refractivity (Wildman–Crippen MR) is 122 cm³/mol. The van der Waals surface area contributed by atoms with E-state index in [1.54, 1.807) is 7.05 Å². The molecule has 1 heterocycles. The summed E-state index contributed by atoms with van der Waals surface area (Å²) in [5, 5.41) is 3.69. The summed E-state index contributed by atoms with van der Waals surface area (Å²) in [6.07, 6.45) is 4.01. The van der Waals surface area contributed by atoms with Gasteiger partial charge in [0.05, 0.1) is 6.54 Å². The topological polar surface area (TPSA) is 49.4 Å². The Morgan fingerprint density at radius 2 is 1.63 bits per heavy atom. The number of amides is 1. The summed E-state index contributed by atoms with van der Waals surface area (Å²) in [6, 6.07) is 13.4. The summed E-state index contributed by atoms with van der Waals surface area (Å²) in [4.78, 5) is 23.7. The molecular formula is C24H32ClFN2O2. The average molecular weight is 435 g/mol. The number of piperidine rings is 1. The van der Waals surface area contributed by atoms with Crippen LogP contribution in [-0.2, 0) is 4.79 Å². The van der Waals surface area contributed by atoms with E-state index in [-0.39, 0.29) is 11.7 Å². The first-order valence-electron chi connectivity index (χ1n) is 10.3. The van der Waals surface area contributed by atoms with E-state index in [9.17, 15) is 14.0 Å². The van der Waals surface area contributed by atoms with Crippen molar-refractivity contribution in [3.05, 3.63) is 70.5 Å². The first-order chi connectivity index (χ1) is 14.4. The van der Waals surface area contributed by atoms with E-state index in [0.29, 0.717) is 24.3 Å². The maximum atomic E-state index is 12.1. The molecule has 3 rings (SSSR count). The van der Waals surface area contributed by atoms with Crippen molar-refractivity contribution in [2.45, 2.75) is 39.0 Å². The van der Waals surface area contributed by atoms with Crippen molar-refractivity contribution in [3.8, 4) is 0 Å². The fourth-order valence-electron chi connectivity index (χ4n) is 3.00. The third-order valence-corrected chi connectivity index (χ3v) is 4.78. The van der Waals surface area contributed by atoms with Crippen molar-refractivity contribution in [1.82, 2.24) is 10.2 Å². The van der Waals surface area contributed by atoms with Gasteiger partial charge in [-0.15, -0.1) is 0 Å². The Morgan fingerprint density at radius 1 is 1.10 bits per heavy atom.